The molecular weight excluding hydrogens is 444 g/mol. The van der Waals surface area contributed by atoms with Crippen molar-refractivity contribution in [1.82, 2.24) is 14.9 Å². The van der Waals surface area contributed by atoms with Gasteiger partial charge in [0.25, 0.3) is 5.56 Å². The molecule has 2 N–H and O–H groups in total. The van der Waals surface area contributed by atoms with E-state index in [4.69, 9.17) is 0 Å². The maximum Gasteiger partial charge on any atom is 0.278 e. The van der Waals surface area contributed by atoms with Gasteiger partial charge in [0, 0.05) is 17.8 Å². The number of benzene rings is 2. The lowest BCUT2D eigenvalue weighted by molar-refractivity contribution is -0.119. The normalized spacial score (nSPS) is 11.7. The predicted molar refractivity (Wildman–Crippen MR) is 125 cm³/mol. The van der Waals surface area contributed by atoms with Crippen molar-refractivity contribution in [3.8, 4) is 11.4 Å². The van der Waals surface area contributed by atoms with E-state index < -0.39 is 41.6 Å². The molecule has 0 saturated heterocycles. The summed E-state index contributed by atoms with van der Waals surface area (Å²) in [4.78, 5) is 44.5. The Morgan fingerprint density at radius 1 is 1.06 bits per heavy atom. The van der Waals surface area contributed by atoms with E-state index in [1.165, 1.54) is 59.6 Å². The van der Waals surface area contributed by atoms with Crippen molar-refractivity contribution in [3.63, 3.8) is 0 Å². The van der Waals surface area contributed by atoms with Gasteiger partial charge in [-0.2, -0.15) is 0 Å². The third-order valence-electron chi connectivity index (χ3n) is 5.28. The number of nitrogens with one attached hydrogen (secondary N) is 2. The molecule has 2 amide bonds. The van der Waals surface area contributed by atoms with E-state index in [1.807, 2.05) is 0 Å². The van der Waals surface area contributed by atoms with Crippen molar-refractivity contribution < 1.29 is 18.4 Å². The maximum absolute atomic E-state index is 13.4. The zero-order valence-corrected chi connectivity index (χ0v) is 19.0. The highest BCUT2D eigenvalue weighted by atomic mass is 19.1. The zero-order valence-electron chi connectivity index (χ0n) is 19.0. The summed E-state index contributed by atoms with van der Waals surface area (Å²) in [5.74, 6) is -1.67. The van der Waals surface area contributed by atoms with Crippen molar-refractivity contribution in [3.05, 3.63) is 76.7 Å². The highest BCUT2D eigenvalue weighted by Gasteiger charge is 2.21. The molecule has 0 aliphatic carbocycles. The summed E-state index contributed by atoms with van der Waals surface area (Å²) in [7, 11) is 1.60. The molecule has 0 fully saturated rings. The molecule has 3 rings (SSSR count). The average molecular weight is 469 g/mol. The topological polar surface area (TPSA) is 96.3 Å². The smallest absolute Gasteiger partial charge is 0.278 e. The van der Waals surface area contributed by atoms with Gasteiger partial charge in [0.1, 0.15) is 29.7 Å². The summed E-state index contributed by atoms with van der Waals surface area (Å²) >= 11 is 0. The third-order valence-corrected chi connectivity index (χ3v) is 5.28. The molecule has 0 radical (unpaired) electrons. The highest BCUT2D eigenvalue weighted by Crippen LogP contribution is 2.19. The number of likely N-dealkylation sites (N-methyl/N-ethyl adjacent to an activating group) is 2. The molecule has 0 aliphatic rings. The Balaban J connectivity index is 2.04. The van der Waals surface area contributed by atoms with Gasteiger partial charge in [0.2, 0.25) is 11.8 Å². The minimum Gasteiger partial charge on any atom is -0.319 e. The lowest BCUT2D eigenvalue weighted by Gasteiger charge is -2.23. The molecule has 34 heavy (non-hydrogen) atoms. The number of carbonyl (C=O) groups is 2. The van der Waals surface area contributed by atoms with Crippen LogP contribution >= 0.6 is 0 Å². The zero-order chi connectivity index (χ0) is 24.8. The van der Waals surface area contributed by atoms with Gasteiger partial charge in [-0.1, -0.05) is 0 Å². The number of hydrogen-bond acceptors (Lipinski definition) is 5. The molecule has 0 bridgehead atoms. The predicted octanol–water partition coefficient (Wildman–Crippen LogP) is 2.79. The second kappa shape index (κ2) is 10.8. The van der Waals surface area contributed by atoms with E-state index >= 15 is 0 Å². The number of amides is 2. The first kappa shape index (κ1) is 24.7. The van der Waals surface area contributed by atoms with Crippen LogP contribution in [0, 0.1) is 11.6 Å². The molecule has 178 valence electrons. The number of carbonyl (C=O) groups excluding carboxylic acids is 2. The molecule has 0 saturated carbocycles. The van der Waals surface area contributed by atoms with Gasteiger partial charge in [-0.3, -0.25) is 19.0 Å². The molecule has 3 aromatic rings. The second-order valence-electron chi connectivity index (χ2n) is 7.51. The maximum atomic E-state index is 13.4. The van der Waals surface area contributed by atoms with Crippen LogP contribution in [0.15, 0.2) is 59.5 Å². The Hall–Kier alpha value is -3.92. The van der Waals surface area contributed by atoms with Crippen LogP contribution in [0.5, 0.6) is 0 Å². The van der Waals surface area contributed by atoms with Crippen LogP contribution in [0.1, 0.15) is 13.8 Å². The molecule has 1 heterocycles. The Labute approximate surface area is 195 Å². The van der Waals surface area contributed by atoms with Crippen molar-refractivity contribution in [2.24, 2.45) is 0 Å². The van der Waals surface area contributed by atoms with Crippen LogP contribution in [-0.2, 0) is 16.1 Å². The Morgan fingerprint density at radius 3 is 2.21 bits per heavy atom. The van der Waals surface area contributed by atoms with Gasteiger partial charge in [-0.05, 0) is 69.4 Å². The fraction of sp³-hybridized carbons (Fsp3) is 0.250. The second-order valence-corrected chi connectivity index (χ2v) is 7.51. The first-order valence-corrected chi connectivity index (χ1v) is 10.6. The molecule has 1 unspecified atom stereocenters. The quantitative estimate of drug-likeness (QED) is 0.529. The van der Waals surface area contributed by atoms with Gasteiger partial charge in [0.05, 0.1) is 12.2 Å². The van der Waals surface area contributed by atoms with Crippen molar-refractivity contribution in [2.45, 2.75) is 26.4 Å². The molecular formula is C24H25F2N5O3. The number of hydrogen-bond donors (Lipinski definition) is 2. The Kier molecular flexibility index (Phi) is 7.85. The minimum atomic E-state index is -0.644. The summed E-state index contributed by atoms with van der Waals surface area (Å²) in [6.45, 7) is 3.24. The SMILES string of the molecule is CCN(C(=O)Cn1c(-c2ccc(F)cc2)ncc(NC(=O)C(C)NC)c1=O)c1ccc(F)cc1. The van der Waals surface area contributed by atoms with Gasteiger partial charge in [0.15, 0.2) is 0 Å². The first-order chi connectivity index (χ1) is 16.2. The van der Waals surface area contributed by atoms with Crippen LogP contribution in [0.2, 0.25) is 0 Å². The summed E-state index contributed by atoms with van der Waals surface area (Å²) in [5, 5.41) is 5.29. The van der Waals surface area contributed by atoms with E-state index in [1.54, 1.807) is 20.9 Å². The van der Waals surface area contributed by atoms with E-state index in [9.17, 15) is 23.2 Å². The number of aromatic nitrogens is 2. The molecule has 2 aromatic carbocycles. The molecule has 0 spiro atoms. The van der Waals surface area contributed by atoms with Gasteiger partial charge < -0.3 is 15.5 Å². The third kappa shape index (κ3) is 5.52. The summed E-state index contributed by atoms with van der Waals surface area (Å²) in [6, 6.07) is 10.2. The minimum absolute atomic E-state index is 0.101. The largest absolute Gasteiger partial charge is 0.319 e. The standard InChI is InChI=1S/C24H25F2N5O3/c1-4-30(19-11-9-18(26)10-12-19)21(32)14-31-22(16-5-7-17(25)8-6-16)28-13-20(24(31)34)29-23(33)15(2)27-3/h5-13,15,27H,4,14H2,1-3H3,(H,29,33). The van der Waals surface area contributed by atoms with Crippen LogP contribution in [0.25, 0.3) is 11.4 Å². The van der Waals surface area contributed by atoms with Crippen molar-refractivity contribution >= 4 is 23.2 Å². The van der Waals surface area contributed by atoms with E-state index in [0.29, 0.717) is 11.3 Å². The molecule has 10 heteroatoms. The fourth-order valence-corrected chi connectivity index (χ4v) is 3.27. The van der Waals surface area contributed by atoms with Gasteiger partial charge in [-0.15, -0.1) is 0 Å². The molecule has 8 nitrogen and oxygen atoms in total. The van der Waals surface area contributed by atoms with E-state index in [-0.39, 0.29) is 18.1 Å². The average Bonchev–Trinajstić information content (AvgIpc) is 2.83. The Morgan fingerprint density at radius 2 is 1.65 bits per heavy atom. The van der Waals surface area contributed by atoms with Crippen molar-refractivity contribution in [2.75, 3.05) is 23.8 Å². The number of rotatable bonds is 8. The summed E-state index contributed by atoms with van der Waals surface area (Å²) in [6.07, 6.45) is 1.21. The van der Waals surface area contributed by atoms with Gasteiger partial charge in [-0.25, -0.2) is 13.8 Å². The number of anilines is 2. The lowest BCUT2D eigenvalue weighted by Crippen LogP contribution is -2.40. The van der Waals surface area contributed by atoms with Crippen LogP contribution < -0.4 is 21.1 Å². The summed E-state index contributed by atoms with van der Waals surface area (Å²) < 4.78 is 27.9. The number of halogens is 2. The molecule has 0 aliphatic heterocycles. The molecule has 1 aromatic heterocycles. The Bertz CT molecular complexity index is 1230. The van der Waals surface area contributed by atoms with E-state index in [0.717, 1.165) is 4.57 Å². The monoisotopic (exact) mass is 469 g/mol. The highest BCUT2D eigenvalue weighted by molar-refractivity contribution is 5.95. The van der Waals surface area contributed by atoms with Gasteiger partial charge >= 0.3 is 0 Å². The fourth-order valence-electron chi connectivity index (χ4n) is 3.27. The molecule has 1 atom stereocenters. The van der Waals surface area contributed by atoms with Crippen molar-refractivity contribution in [1.29, 1.82) is 0 Å². The van der Waals surface area contributed by atoms with Crippen LogP contribution in [-0.4, -0.2) is 41.0 Å². The summed E-state index contributed by atoms with van der Waals surface area (Å²) in [5.41, 5.74) is 0.133. The number of nitrogens with zero attached hydrogens (tertiary/aromatic N) is 3. The van der Waals surface area contributed by atoms with Crippen LogP contribution in [0.4, 0.5) is 20.2 Å². The van der Waals surface area contributed by atoms with E-state index in [2.05, 4.69) is 15.6 Å². The first-order valence-electron chi connectivity index (χ1n) is 10.6. The lowest BCUT2D eigenvalue weighted by atomic mass is 10.2. The van der Waals surface area contributed by atoms with Crippen LogP contribution in [0.3, 0.4) is 0 Å².